The molecule has 0 N–H and O–H groups in total. The average molecular weight is 452 g/mol. The molecular formula is C30H29NO3. The molecule has 0 saturated carbocycles. The van der Waals surface area contributed by atoms with Crippen molar-refractivity contribution in [1.29, 1.82) is 0 Å². The lowest BCUT2D eigenvalue weighted by molar-refractivity contribution is -0.115. The van der Waals surface area contributed by atoms with Crippen molar-refractivity contribution < 1.29 is 14.3 Å². The van der Waals surface area contributed by atoms with Crippen LogP contribution in [0.3, 0.4) is 0 Å². The number of para-hydroxylation sites is 1. The normalized spacial score (nSPS) is 18.5. The van der Waals surface area contributed by atoms with Crippen LogP contribution in [0.25, 0.3) is 10.8 Å². The molecule has 0 bridgehead atoms. The van der Waals surface area contributed by atoms with Gasteiger partial charge in [0.15, 0.2) is 0 Å². The van der Waals surface area contributed by atoms with Crippen LogP contribution in [0.5, 0.6) is 17.2 Å². The number of hydrogen-bond acceptors (Lipinski definition) is 4. The van der Waals surface area contributed by atoms with E-state index in [0.717, 1.165) is 48.4 Å². The molecule has 2 atom stereocenters. The van der Waals surface area contributed by atoms with Gasteiger partial charge in [-0.05, 0) is 65.9 Å². The quantitative estimate of drug-likeness (QED) is 0.285. The number of piperidine rings is 1. The molecule has 1 aliphatic rings. The van der Waals surface area contributed by atoms with Crippen molar-refractivity contribution >= 4 is 17.1 Å². The maximum atomic E-state index is 12.2. The Morgan fingerprint density at radius 1 is 0.882 bits per heavy atom. The van der Waals surface area contributed by atoms with Crippen LogP contribution in [0.1, 0.15) is 36.4 Å². The monoisotopic (exact) mass is 451 g/mol. The molecule has 4 aromatic carbocycles. The van der Waals surface area contributed by atoms with Gasteiger partial charge in [-0.1, -0.05) is 60.7 Å². The number of hydrogen-bond donors (Lipinski definition) is 0. The molecule has 5 rings (SSSR count). The minimum atomic E-state index is -0.138. The number of likely N-dealkylation sites (tertiary alicyclic amines) is 1. The Bertz CT molecular complexity index is 1270. The molecule has 1 aliphatic heterocycles. The first-order valence-electron chi connectivity index (χ1n) is 11.9. The first-order valence-corrected chi connectivity index (χ1v) is 11.9. The number of aldehydes is 1. The van der Waals surface area contributed by atoms with Crippen molar-refractivity contribution in [3.63, 3.8) is 0 Å². The Balaban J connectivity index is 1.50. The summed E-state index contributed by atoms with van der Waals surface area (Å²) in [6.07, 6.45) is 3.96. The van der Waals surface area contributed by atoms with Crippen LogP contribution < -0.4 is 9.47 Å². The zero-order valence-corrected chi connectivity index (χ0v) is 19.4. The van der Waals surface area contributed by atoms with Gasteiger partial charge in [-0.2, -0.15) is 0 Å². The summed E-state index contributed by atoms with van der Waals surface area (Å²) in [5.74, 6) is 2.48. The summed E-state index contributed by atoms with van der Waals surface area (Å²) in [7, 11) is 1.72. The molecule has 4 heteroatoms. The van der Waals surface area contributed by atoms with Crippen molar-refractivity contribution in [2.45, 2.75) is 37.9 Å². The lowest BCUT2D eigenvalue weighted by Gasteiger charge is -2.41. The van der Waals surface area contributed by atoms with Crippen molar-refractivity contribution in [3.8, 4) is 17.2 Å². The molecule has 34 heavy (non-hydrogen) atoms. The zero-order valence-electron chi connectivity index (χ0n) is 19.4. The number of carbonyl (C=O) groups is 1. The predicted octanol–water partition coefficient (Wildman–Crippen LogP) is 6.94. The number of benzene rings is 4. The number of fused-ring (bicyclic) bond motifs is 1. The largest absolute Gasteiger partial charge is 0.496 e. The maximum absolute atomic E-state index is 12.2. The highest BCUT2D eigenvalue weighted by atomic mass is 16.5. The molecule has 0 spiro atoms. The van der Waals surface area contributed by atoms with Crippen molar-refractivity contribution in [1.82, 2.24) is 4.90 Å². The third-order valence-electron chi connectivity index (χ3n) is 6.69. The lowest BCUT2D eigenvalue weighted by Crippen LogP contribution is -2.42. The fraction of sp³-hybridized carbons (Fsp3) is 0.233. The van der Waals surface area contributed by atoms with E-state index in [9.17, 15) is 4.79 Å². The van der Waals surface area contributed by atoms with E-state index in [1.54, 1.807) is 7.11 Å². The van der Waals surface area contributed by atoms with Crippen LogP contribution in [-0.2, 0) is 11.3 Å². The lowest BCUT2D eigenvalue weighted by atomic mass is 9.87. The third kappa shape index (κ3) is 4.55. The van der Waals surface area contributed by atoms with Crippen LogP contribution in [0.4, 0.5) is 0 Å². The molecule has 2 unspecified atom stereocenters. The zero-order chi connectivity index (χ0) is 23.3. The molecular weight excluding hydrogens is 422 g/mol. The Hall–Kier alpha value is -3.63. The van der Waals surface area contributed by atoms with E-state index in [0.29, 0.717) is 6.54 Å². The third-order valence-corrected chi connectivity index (χ3v) is 6.69. The molecule has 4 nitrogen and oxygen atoms in total. The number of ether oxygens (including phenoxy) is 2. The summed E-state index contributed by atoms with van der Waals surface area (Å²) in [5.41, 5.74) is 2.29. The van der Waals surface area contributed by atoms with E-state index < -0.39 is 0 Å². The Morgan fingerprint density at radius 3 is 2.50 bits per heavy atom. The second-order valence-corrected chi connectivity index (χ2v) is 8.79. The van der Waals surface area contributed by atoms with E-state index in [1.165, 1.54) is 16.3 Å². The molecule has 4 aromatic rings. The van der Waals surface area contributed by atoms with E-state index in [2.05, 4.69) is 53.4 Å². The summed E-state index contributed by atoms with van der Waals surface area (Å²) in [6.45, 7) is 0.659. The minimum Gasteiger partial charge on any atom is -0.496 e. The Labute approximate surface area is 200 Å². The van der Waals surface area contributed by atoms with E-state index in [-0.39, 0.29) is 12.1 Å². The van der Waals surface area contributed by atoms with Gasteiger partial charge in [0, 0.05) is 18.2 Å². The number of methoxy groups -OCH3 is 1. The molecule has 172 valence electrons. The Kier molecular flexibility index (Phi) is 6.59. The molecule has 1 saturated heterocycles. The van der Waals surface area contributed by atoms with Gasteiger partial charge in [0.25, 0.3) is 0 Å². The highest BCUT2D eigenvalue weighted by Crippen LogP contribution is 2.43. The standard InChI is InChI=1S/C30H29NO3/c1-33-29-18-17-23-10-5-6-15-27(23)30(29)28-16-8-11-24(21-32)31(28)20-22-9-7-14-26(19-22)34-25-12-3-2-4-13-25/h2-7,9-10,12-15,17-19,21,24,28H,8,11,16,20H2,1H3. The first kappa shape index (κ1) is 22.2. The smallest absolute Gasteiger partial charge is 0.137 e. The number of carbonyl (C=O) groups excluding carboxylic acids is 1. The Morgan fingerprint density at radius 2 is 1.68 bits per heavy atom. The van der Waals surface area contributed by atoms with Gasteiger partial charge in [-0.15, -0.1) is 0 Å². The summed E-state index contributed by atoms with van der Waals surface area (Å²) in [4.78, 5) is 14.5. The van der Waals surface area contributed by atoms with Crippen LogP contribution >= 0.6 is 0 Å². The van der Waals surface area contributed by atoms with Gasteiger partial charge in [-0.25, -0.2) is 0 Å². The van der Waals surface area contributed by atoms with E-state index in [4.69, 9.17) is 9.47 Å². The van der Waals surface area contributed by atoms with Crippen LogP contribution in [0.15, 0.2) is 91.0 Å². The number of nitrogens with zero attached hydrogens (tertiary/aromatic N) is 1. The van der Waals surface area contributed by atoms with Crippen molar-refractivity contribution in [2.75, 3.05) is 7.11 Å². The fourth-order valence-electron chi connectivity index (χ4n) is 5.11. The molecule has 0 radical (unpaired) electrons. The fourth-order valence-corrected chi connectivity index (χ4v) is 5.11. The second-order valence-electron chi connectivity index (χ2n) is 8.79. The topological polar surface area (TPSA) is 38.8 Å². The van der Waals surface area contributed by atoms with Gasteiger partial charge in [0.05, 0.1) is 13.2 Å². The molecule has 0 aromatic heterocycles. The number of rotatable bonds is 7. The molecule has 0 amide bonds. The second kappa shape index (κ2) is 10.1. The molecule has 1 heterocycles. The van der Waals surface area contributed by atoms with Crippen LogP contribution in [-0.4, -0.2) is 24.3 Å². The van der Waals surface area contributed by atoms with E-state index in [1.807, 2.05) is 42.5 Å². The predicted molar refractivity (Wildman–Crippen MR) is 135 cm³/mol. The van der Waals surface area contributed by atoms with Gasteiger partial charge >= 0.3 is 0 Å². The highest BCUT2D eigenvalue weighted by molar-refractivity contribution is 5.88. The minimum absolute atomic E-state index is 0.0868. The van der Waals surface area contributed by atoms with E-state index >= 15 is 0 Å². The molecule has 1 fully saturated rings. The van der Waals surface area contributed by atoms with Gasteiger partial charge in [0.2, 0.25) is 0 Å². The summed E-state index contributed by atoms with van der Waals surface area (Å²) in [6, 6.07) is 30.5. The maximum Gasteiger partial charge on any atom is 0.137 e. The molecule has 0 aliphatic carbocycles. The van der Waals surface area contributed by atoms with Crippen molar-refractivity contribution in [2.24, 2.45) is 0 Å². The van der Waals surface area contributed by atoms with Gasteiger partial charge in [0.1, 0.15) is 23.5 Å². The SMILES string of the molecule is COc1ccc2ccccc2c1C1CCCC(C=O)N1Cc1cccc(Oc2ccccc2)c1. The summed E-state index contributed by atoms with van der Waals surface area (Å²) >= 11 is 0. The average Bonchev–Trinajstić information content (AvgIpc) is 2.89. The van der Waals surface area contributed by atoms with Crippen LogP contribution in [0, 0.1) is 0 Å². The van der Waals surface area contributed by atoms with Gasteiger partial charge in [-0.3, -0.25) is 4.90 Å². The first-order chi connectivity index (χ1) is 16.8. The summed E-state index contributed by atoms with van der Waals surface area (Å²) in [5, 5.41) is 2.37. The van der Waals surface area contributed by atoms with Gasteiger partial charge < -0.3 is 14.3 Å². The van der Waals surface area contributed by atoms with Crippen LogP contribution in [0.2, 0.25) is 0 Å². The summed E-state index contributed by atoms with van der Waals surface area (Å²) < 4.78 is 11.9. The van der Waals surface area contributed by atoms with Crippen molar-refractivity contribution in [3.05, 3.63) is 102 Å². The highest BCUT2D eigenvalue weighted by Gasteiger charge is 2.34.